The number of methoxy groups -OCH3 is 1. The van der Waals surface area contributed by atoms with E-state index in [0.717, 1.165) is 17.7 Å². The number of rotatable bonds is 5. The van der Waals surface area contributed by atoms with E-state index in [4.69, 9.17) is 9.47 Å². The zero-order valence-corrected chi connectivity index (χ0v) is 14.4. The first kappa shape index (κ1) is 17.1. The van der Waals surface area contributed by atoms with E-state index < -0.39 is 0 Å². The number of fused-ring (bicyclic) bond motifs is 1. The fourth-order valence-electron chi connectivity index (χ4n) is 2.80. The highest BCUT2D eigenvalue weighted by Crippen LogP contribution is 2.27. The highest BCUT2D eigenvalue weighted by atomic mass is 19.1. The molecule has 0 fully saturated rings. The Bertz CT molecular complexity index is 739. The maximum Gasteiger partial charge on any atom is 0.191 e. The SMILES string of the molecule is CN=C(NCc1ccc(OC)c(F)c1)NCC1Cc2ccccc2O1. The molecule has 6 heteroatoms. The maximum absolute atomic E-state index is 13.7. The van der Waals surface area contributed by atoms with Gasteiger partial charge >= 0.3 is 0 Å². The van der Waals surface area contributed by atoms with Gasteiger partial charge in [-0.2, -0.15) is 0 Å². The van der Waals surface area contributed by atoms with Crippen LogP contribution in [0.15, 0.2) is 47.5 Å². The summed E-state index contributed by atoms with van der Waals surface area (Å²) in [5, 5.41) is 6.42. The first-order chi connectivity index (χ1) is 12.2. The lowest BCUT2D eigenvalue weighted by Gasteiger charge is -2.16. The molecule has 2 aromatic rings. The fraction of sp³-hybridized carbons (Fsp3) is 0.316. The van der Waals surface area contributed by atoms with Gasteiger partial charge in [0.05, 0.1) is 13.7 Å². The predicted molar refractivity (Wildman–Crippen MR) is 95.7 cm³/mol. The minimum atomic E-state index is -0.373. The van der Waals surface area contributed by atoms with Crippen molar-refractivity contribution in [1.29, 1.82) is 0 Å². The van der Waals surface area contributed by atoms with E-state index in [1.165, 1.54) is 18.7 Å². The number of nitrogens with one attached hydrogen (secondary N) is 2. The third kappa shape index (κ3) is 4.21. The Hall–Kier alpha value is -2.76. The number of aliphatic imine (C=N–C) groups is 1. The van der Waals surface area contributed by atoms with Crippen LogP contribution >= 0.6 is 0 Å². The number of ether oxygens (including phenoxy) is 2. The Labute approximate surface area is 146 Å². The Morgan fingerprint density at radius 3 is 2.84 bits per heavy atom. The van der Waals surface area contributed by atoms with Crippen molar-refractivity contribution in [3.8, 4) is 11.5 Å². The Morgan fingerprint density at radius 1 is 1.28 bits per heavy atom. The van der Waals surface area contributed by atoms with Crippen LogP contribution in [0.5, 0.6) is 11.5 Å². The molecule has 5 nitrogen and oxygen atoms in total. The summed E-state index contributed by atoms with van der Waals surface area (Å²) in [5.41, 5.74) is 2.04. The number of hydrogen-bond donors (Lipinski definition) is 2. The molecule has 1 atom stereocenters. The van der Waals surface area contributed by atoms with Gasteiger partial charge in [0, 0.05) is 20.0 Å². The minimum Gasteiger partial charge on any atom is -0.494 e. The molecule has 0 saturated heterocycles. The standard InChI is InChI=1S/C19H22FN3O2/c1-21-19(22-11-13-7-8-18(24-2)16(20)9-13)23-12-15-10-14-5-3-4-6-17(14)25-15/h3-9,15H,10-12H2,1-2H3,(H2,21,22,23). The Morgan fingerprint density at radius 2 is 2.12 bits per heavy atom. The van der Waals surface area contributed by atoms with Crippen LogP contribution in [0.4, 0.5) is 4.39 Å². The van der Waals surface area contributed by atoms with Gasteiger partial charge in [-0.05, 0) is 29.3 Å². The number of halogens is 1. The second kappa shape index (κ2) is 7.88. The smallest absolute Gasteiger partial charge is 0.191 e. The third-order valence-corrected chi connectivity index (χ3v) is 4.11. The fourth-order valence-corrected chi connectivity index (χ4v) is 2.80. The van der Waals surface area contributed by atoms with Gasteiger partial charge in [-0.25, -0.2) is 4.39 Å². The summed E-state index contributed by atoms with van der Waals surface area (Å²) in [7, 11) is 3.15. The van der Waals surface area contributed by atoms with Crippen molar-refractivity contribution >= 4 is 5.96 Å². The average molecular weight is 343 g/mol. The summed E-state index contributed by atoms with van der Waals surface area (Å²) < 4.78 is 24.5. The van der Waals surface area contributed by atoms with Crippen molar-refractivity contribution in [1.82, 2.24) is 10.6 Å². The summed E-state index contributed by atoms with van der Waals surface area (Å²) in [6.07, 6.45) is 0.957. The highest BCUT2D eigenvalue weighted by Gasteiger charge is 2.22. The molecule has 132 valence electrons. The van der Waals surface area contributed by atoms with Gasteiger partial charge in [0.2, 0.25) is 0 Å². The van der Waals surface area contributed by atoms with Crippen LogP contribution in [0.1, 0.15) is 11.1 Å². The van der Waals surface area contributed by atoms with Gasteiger partial charge in [-0.1, -0.05) is 24.3 Å². The summed E-state index contributed by atoms with van der Waals surface area (Å²) in [5.74, 6) is 1.47. The second-order valence-electron chi connectivity index (χ2n) is 5.83. The lowest BCUT2D eigenvalue weighted by molar-refractivity contribution is 0.235. The molecule has 2 N–H and O–H groups in total. The van der Waals surface area contributed by atoms with E-state index in [9.17, 15) is 4.39 Å². The molecule has 0 aliphatic carbocycles. The lowest BCUT2D eigenvalue weighted by atomic mass is 10.1. The molecule has 0 amide bonds. The lowest BCUT2D eigenvalue weighted by Crippen LogP contribution is -2.41. The van der Waals surface area contributed by atoms with Gasteiger partial charge in [0.15, 0.2) is 17.5 Å². The number of benzene rings is 2. The molecular weight excluding hydrogens is 321 g/mol. The molecule has 0 radical (unpaired) electrons. The zero-order valence-electron chi connectivity index (χ0n) is 14.4. The van der Waals surface area contributed by atoms with Gasteiger partial charge < -0.3 is 20.1 Å². The zero-order chi connectivity index (χ0) is 17.6. The average Bonchev–Trinajstić information content (AvgIpc) is 3.05. The van der Waals surface area contributed by atoms with Crippen LogP contribution in [-0.4, -0.2) is 32.8 Å². The molecule has 1 aliphatic heterocycles. The van der Waals surface area contributed by atoms with Gasteiger partial charge in [-0.3, -0.25) is 4.99 Å². The molecule has 1 aliphatic rings. The van der Waals surface area contributed by atoms with Crippen molar-refractivity contribution in [2.24, 2.45) is 4.99 Å². The van der Waals surface area contributed by atoms with Crippen LogP contribution in [0, 0.1) is 5.82 Å². The van der Waals surface area contributed by atoms with Crippen molar-refractivity contribution in [2.75, 3.05) is 20.7 Å². The van der Waals surface area contributed by atoms with Crippen molar-refractivity contribution in [3.05, 3.63) is 59.4 Å². The topological polar surface area (TPSA) is 54.9 Å². The molecular formula is C19H22FN3O2. The van der Waals surface area contributed by atoms with Gasteiger partial charge in [0.1, 0.15) is 11.9 Å². The second-order valence-corrected chi connectivity index (χ2v) is 5.83. The first-order valence-electron chi connectivity index (χ1n) is 8.21. The van der Waals surface area contributed by atoms with Crippen LogP contribution in [0.3, 0.4) is 0 Å². The number of nitrogens with zero attached hydrogens (tertiary/aromatic N) is 1. The molecule has 0 spiro atoms. The molecule has 1 unspecified atom stereocenters. The van der Waals surface area contributed by atoms with E-state index in [1.54, 1.807) is 13.1 Å². The quantitative estimate of drug-likeness (QED) is 0.647. The van der Waals surface area contributed by atoms with Crippen LogP contribution in [-0.2, 0) is 13.0 Å². The van der Waals surface area contributed by atoms with E-state index in [2.05, 4.69) is 21.7 Å². The molecule has 1 heterocycles. The number of hydrogen-bond acceptors (Lipinski definition) is 3. The van der Waals surface area contributed by atoms with Crippen molar-refractivity contribution in [2.45, 2.75) is 19.1 Å². The largest absolute Gasteiger partial charge is 0.494 e. The predicted octanol–water partition coefficient (Wildman–Crippen LogP) is 2.50. The molecule has 25 heavy (non-hydrogen) atoms. The highest BCUT2D eigenvalue weighted by molar-refractivity contribution is 5.79. The number of guanidine groups is 1. The Kier molecular flexibility index (Phi) is 5.38. The molecule has 3 rings (SSSR count). The summed E-state index contributed by atoms with van der Waals surface area (Å²) in [6.45, 7) is 1.11. The molecule has 0 saturated carbocycles. The monoisotopic (exact) mass is 343 g/mol. The van der Waals surface area contributed by atoms with E-state index >= 15 is 0 Å². The minimum absolute atomic E-state index is 0.0781. The number of para-hydroxylation sites is 1. The van der Waals surface area contributed by atoms with E-state index in [-0.39, 0.29) is 17.7 Å². The van der Waals surface area contributed by atoms with Gasteiger partial charge in [0.25, 0.3) is 0 Å². The van der Waals surface area contributed by atoms with E-state index in [1.807, 2.05) is 24.3 Å². The molecule has 0 bridgehead atoms. The summed E-state index contributed by atoms with van der Waals surface area (Å²) >= 11 is 0. The van der Waals surface area contributed by atoms with Crippen LogP contribution < -0.4 is 20.1 Å². The first-order valence-corrected chi connectivity index (χ1v) is 8.21. The van der Waals surface area contributed by atoms with Crippen molar-refractivity contribution in [3.63, 3.8) is 0 Å². The summed E-state index contributed by atoms with van der Waals surface area (Å²) in [6, 6.07) is 13.0. The summed E-state index contributed by atoms with van der Waals surface area (Å²) in [4.78, 5) is 4.19. The van der Waals surface area contributed by atoms with Gasteiger partial charge in [-0.15, -0.1) is 0 Å². The molecule has 0 aromatic heterocycles. The third-order valence-electron chi connectivity index (χ3n) is 4.11. The normalized spacial score (nSPS) is 16.1. The van der Waals surface area contributed by atoms with E-state index in [0.29, 0.717) is 19.0 Å². The van der Waals surface area contributed by atoms with Crippen LogP contribution in [0.25, 0.3) is 0 Å². The molecule has 2 aromatic carbocycles. The Balaban J connectivity index is 1.48. The van der Waals surface area contributed by atoms with Crippen LogP contribution in [0.2, 0.25) is 0 Å². The maximum atomic E-state index is 13.7. The van der Waals surface area contributed by atoms with Crippen molar-refractivity contribution < 1.29 is 13.9 Å².